The molecule has 1 fully saturated rings. The summed E-state index contributed by atoms with van der Waals surface area (Å²) in [5.41, 5.74) is 1.04. The lowest BCUT2D eigenvalue weighted by Crippen LogP contribution is -2.14. The van der Waals surface area contributed by atoms with Gasteiger partial charge in [-0.25, -0.2) is 9.37 Å². The normalized spacial score (nSPS) is 15.5. The summed E-state index contributed by atoms with van der Waals surface area (Å²) in [6.07, 6.45) is 8.06. The highest BCUT2D eigenvalue weighted by atomic mass is 32.1. The van der Waals surface area contributed by atoms with Gasteiger partial charge in [-0.15, -0.1) is 11.3 Å². The van der Waals surface area contributed by atoms with Gasteiger partial charge in [-0.2, -0.15) is 0 Å². The van der Waals surface area contributed by atoms with Crippen LogP contribution in [0.15, 0.2) is 35.9 Å². The average Bonchev–Trinajstić information content (AvgIpc) is 3.26. The lowest BCUT2D eigenvalue weighted by molar-refractivity contribution is -0.111. The number of benzene rings is 1. The van der Waals surface area contributed by atoms with Crippen LogP contribution in [0.25, 0.3) is 5.57 Å². The Morgan fingerprint density at radius 1 is 1.42 bits per heavy atom. The first-order chi connectivity index (χ1) is 11.7. The minimum Gasteiger partial charge on any atom is -0.494 e. The summed E-state index contributed by atoms with van der Waals surface area (Å²) in [6, 6.07) is 4.61. The number of aromatic nitrogens is 1. The van der Waals surface area contributed by atoms with Gasteiger partial charge in [-0.05, 0) is 36.5 Å². The maximum absolute atomic E-state index is 14.1. The molecule has 1 aliphatic rings. The molecule has 1 aromatic heterocycles. The topological polar surface area (TPSA) is 51.2 Å². The second kappa shape index (κ2) is 7.57. The van der Waals surface area contributed by atoms with Gasteiger partial charge in [0.15, 0.2) is 16.7 Å². The van der Waals surface area contributed by atoms with Gasteiger partial charge >= 0.3 is 0 Å². The molecule has 1 heterocycles. The molecule has 3 rings (SSSR count). The Morgan fingerprint density at radius 3 is 2.83 bits per heavy atom. The van der Waals surface area contributed by atoms with Crippen molar-refractivity contribution in [3.63, 3.8) is 0 Å². The number of rotatable bonds is 5. The maximum Gasteiger partial charge on any atom is 0.257 e. The summed E-state index contributed by atoms with van der Waals surface area (Å²) in [6.45, 7) is 0. The summed E-state index contributed by atoms with van der Waals surface area (Å²) in [4.78, 5) is 16.8. The number of thiazole rings is 1. The van der Waals surface area contributed by atoms with Crippen molar-refractivity contribution in [2.24, 2.45) is 5.92 Å². The largest absolute Gasteiger partial charge is 0.494 e. The molecule has 0 unspecified atom stereocenters. The monoisotopic (exact) mass is 346 g/mol. The molecule has 4 nitrogen and oxygen atoms in total. The molecular weight excluding hydrogens is 327 g/mol. The third-order valence-electron chi connectivity index (χ3n) is 4.16. The Kier molecular flexibility index (Phi) is 5.25. The van der Waals surface area contributed by atoms with Gasteiger partial charge in [0, 0.05) is 17.2 Å². The molecule has 1 amide bonds. The summed E-state index contributed by atoms with van der Waals surface area (Å²) >= 11 is 1.35. The van der Waals surface area contributed by atoms with E-state index in [1.165, 1.54) is 37.4 Å². The number of carbonyl (C=O) groups excluding carboxylic acids is 1. The van der Waals surface area contributed by atoms with E-state index in [2.05, 4.69) is 10.3 Å². The molecule has 0 spiro atoms. The zero-order valence-corrected chi connectivity index (χ0v) is 14.2. The van der Waals surface area contributed by atoms with E-state index in [9.17, 15) is 9.18 Å². The average molecular weight is 346 g/mol. The standard InChI is InChI=1S/C18H19FN2O2S/c1-23-16-7-6-13(11-15(16)19)14(10-12-4-2-3-5-12)17(22)21-18-20-8-9-24-18/h6-12H,2-5H2,1H3,(H,20,21,22)/b14-10-. The number of nitrogens with one attached hydrogen (secondary N) is 1. The molecule has 126 valence electrons. The molecule has 0 saturated heterocycles. The highest BCUT2D eigenvalue weighted by Gasteiger charge is 2.20. The zero-order chi connectivity index (χ0) is 16.9. The predicted molar refractivity (Wildman–Crippen MR) is 93.6 cm³/mol. The fraction of sp³-hybridized carbons (Fsp3) is 0.333. The minimum absolute atomic E-state index is 0.166. The highest BCUT2D eigenvalue weighted by Crippen LogP contribution is 2.31. The number of halogens is 1. The van der Waals surface area contributed by atoms with E-state index >= 15 is 0 Å². The molecular formula is C18H19FN2O2S. The van der Waals surface area contributed by atoms with Crippen LogP contribution in [-0.4, -0.2) is 18.0 Å². The van der Waals surface area contributed by atoms with Crippen LogP contribution in [-0.2, 0) is 4.79 Å². The van der Waals surface area contributed by atoms with Gasteiger partial charge in [-0.1, -0.05) is 25.0 Å². The lowest BCUT2D eigenvalue weighted by atomic mass is 9.98. The molecule has 0 bridgehead atoms. The number of carbonyl (C=O) groups is 1. The quantitative estimate of drug-likeness (QED) is 0.811. The summed E-state index contributed by atoms with van der Waals surface area (Å²) in [5, 5.41) is 5.12. The van der Waals surface area contributed by atoms with Gasteiger partial charge in [0.25, 0.3) is 5.91 Å². The lowest BCUT2D eigenvalue weighted by Gasteiger charge is -2.12. The Hall–Kier alpha value is -2.21. The van der Waals surface area contributed by atoms with Crippen molar-refractivity contribution < 1.29 is 13.9 Å². The molecule has 0 aliphatic heterocycles. The summed E-state index contributed by atoms with van der Waals surface area (Å²) < 4.78 is 19.0. The van der Waals surface area contributed by atoms with Gasteiger partial charge in [0.2, 0.25) is 0 Å². The number of methoxy groups -OCH3 is 1. The maximum atomic E-state index is 14.1. The third-order valence-corrected chi connectivity index (χ3v) is 4.85. The fourth-order valence-electron chi connectivity index (χ4n) is 2.95. The first kappa shape index (κ1) is 16.6. The number of nitrogens with zero attached hydrogens (tertiary/aromatic N) is 1. The summed E-state index contributed by atoms with van der Waals surface area (Å²) in [7, 11) is 1.42. The molecule has 0 atom stereocenters. The van der Waals surface area contributed by atoms with E-state index in [-0.39, 0.29) is 11.7 Å². The number of hydrogen-bond donors (Lipinski definition) is 1. The molecule has 1 saturated carbocycles. The first-order valence-electron chi connectivity index (χ1n) is 7.94. The molecule has 1 N–H and O–H groups in total. The van der Waals surface area contributed by atoms with Gasteiger partial charge in [0.05, 0.1) is 7.11 Å². The van der Waals surface area contributed by atoms with E-state index in [0.717, 1.165) is 12.8 Å². The van der Waals surface area contributed by atoms with Crippen molar-refractivity contribution in [3.05, 3.63) is 47.2 Å². The van der Waals surface area contributed by atoms with Crippen molar-refractivity contribution in [3.8, 4) is 5.75 Å². The van der Waals surface area contributed by atoms with Crippen LogP contribution in [0, 0.1) is 11.7 Å². The molecule has 1 aliphatic carbocycles. The van der Waals surface area contributed by atoms with Crippen molar-refractivity contribution in [1.29, 1.82) is 0 Å². The van der Waals surface area contributed by atoms with E-state index in [0.29, 0.717) is 22.2 Å². The first-order valence-corrected chi connectivity index (χ1v) is 8.82. The Bertz CT molecular complexity index is 737. The molecule has 1 aromatic carbocycles. The van der Waals surface area contributed by atoms with Crippen LogP contribution in [0.2, 0.25) is 0 Å². The van der Waals surface area contributed by atoms with E-state index in [1.807, 2.05) is 6.08 Å². The van der Waals surface area contributed by atoms with Crippen LogP contribution in [0.5, 0.6) is 5.75 Å². The van der Waals surface area contributed by atoms with Gasteiger partial charge in [0.1, 0.15) is 0 Å². The summed E-state index contributed by atoms with van der Waals surface area (Å²) in [5.74, 6) is -0.220. The van der Waals surface area contributed by atoms with Crippen LogP contribution in [0.4, 0.5) is 9.52 Å². The number of amides is 1. The van der Waals surface area contributed by atoms with Crippen LogP contribution in [0.3, 0.4) is 0 Å². The predicted octanol–water partition coefficient (Wildman–Crippen LogP) is 4.50. The van der Waals surface area contributed by atoms with Crippen LogP contribution >= 0.6 is 11.3 Å². The second-order valence-electron chi connectivity index (χ2n) is 5.77. The minimum atomic E-state index is -0.477. The van der Waals surface area contributed by atoms with Crippen molar-refractivity contribution in [2.75, 3.05) is 12.4 Å². The van der Waals surface area contributed by atoms with Crippen LogP contribution < -0.4 is 10.1 Å². The van der Waals surface area contributed by atoms with Crippen LogP contribution in [0.1, 0.15) is 31.2 Å². The Morgan fingerprint density at radius 2 is 2.21 bits per heavy atom. The van der Waals surface area contributed by atoms with E-state index in [4.69, 9.17) is 4.74 Å². The molecule has 2 aromatic rings. The third kappa shape index (κ3) is 3.82. The van der Waals surface area contributed by atoms with Crippen molar-refractivity contribution in [2.45, 2.75) is 25.7 Å². The molecule has 6 heteroatoms. The van der Waals surface area contributed by atoms with E-state index in [1.54, 1.807) is 23.7 Å². The SMILES string of the molecule is COc1ccc(/C(=C/C2CCCC2)C(=O)Nc2nccs2)cc1F. The van der Waals surface area contributed by atoms with Gasteiger partial charge < -0.3 is 4.74 Å². The number of ether oxygens (including phenoxy) is 1. The van der Waals surface area contributed by atoms with Crippen molar-refractivity contribution in [1.82, 2.24) is 4.98 Å². The molecule has 24 heavy (non-hydrogen) atoms. The number of allylic oxidation sites excluding steroid dienone is 1. The van der Waals surface area contributed by atoms with E-state index < -0.39 is 5.82 Å². The second-order valence-corrected chi connectivity index (χ2v) is 6.66. The number of anilines is 1. The van der Waals surface area contributed by atoms with Crippen molar-refractivity contribution >= 4 is 27.9 Å². The Balaban J connectivity index is 1.92. The van der Waals surface area contributed by atoms with Gasteiger partial charge in [-0.3, -0.25) is 10.1 Å². The molecule has 0 radical (unpaired) electrons. The number of hydrogen-bond acceptors (Lipinski definition) is 4. The smallest absolute Gasteiger partial charge is 0.257 e. The zero-order valence-electron chi connectivity index (χ0n) is 13.4. The Labute approximate surface area is 144 Å². The fourth-order valence-corrected chi connectivity index (χ4v) is 3.47. The highest BCUT2D eigenvalue weighted by molar-refractivity contribution is 7.13.